The molecule has 2 saturated heterocycles. The highest BCUT2D eigenvalue weighted by Crippen LogP contribution is 2.24. The first kappa shape index (κ1) is 23.7. The Kier molecular flexibility index (Phi) is 6.63. The van der Waals surface area contributed by atoms with Crippen LogP contribution in [0.5, 0.6) is 0 Å². The molecule has 2 fully saturated rings. The number of nitrogens with zero attached hydrogens (tertiary/aromatic N) is 9. The summed E-state index contributed by atoms with van der Waals surface area (Å²) in [6, 6.07) is 4.24. The lowest BCUT2D eigenvalue weighted by Gasteiger charge is -2.34. The molecule has 1 N–H and O–H groups in total. The zero-order valence-corrected chi connectivity index (χ0v) is 21.0. The Morgan fingerprint density at radius 1 is 1.05 bits per heavy atom. The van der Waals surface area contributed by atoms with E-state index in [4.69, 9.17) is 4.98 Å². The van der Waals surface area contributed by atoms with Crippen LogP contribution in [0.3, 0.4) is 0 Å². The predicted octanol–water partition coefficient (Wildman–Crippen LogP) is 3.32. The second-order valence-corrected chi connectivity index (χ2v) is 10.0. The lowest BCUT2D eigenvalue weighted by molar-refractivity contribution is 0.428. The lowest BCUT2D eigenvalue weighted by atomic mass is 10.0. The van der Waals surface area contributed by atoms with Gasteiger partial charge in [-0.15, -0.1) is 10.2 Å². The minimum absolute atomic E-state index is 0. The minimum atomic E-state index is -0.144. The number of halogens is 1. The van der Waals surface area contributed by atoms with Gasteiger partial charge in [-0.25, -0.2) is 14.1 Å². The molecule has 0 bridgehead atoms. The number of hydrogen-bond acceptors (Lipinski definition) is 9. The Bertz CT molecular complexity index is 1310. The largest absolute Gasteiger partial charge is 0.355 e. The van der Waals surface area contributed by atoms with Crippen LogP contribution in [0.15, 0.2) is 47.9 Å². The normalized spacial score (nSPS) is 20.4. The third-order valence-corrected chi connectivity index (χ3v) is 7.35. The summed E-state index contributed by atoms with van der Waals surface area (Å²) in [6.07, 6.45) is 10.4. The summed E-state index contributed by atoms with van der Waals surface area (Å²) in [7, 11) is 0. The summed E-state index contributed by atoms with van der Waals surface area (Å²) in [5.74, 6) is 1.61. The van der Waals surface area contributed by atoms with E-state index in [9.17, 15) is 4.39 Å². The molecule has 5 heterocycles. The fraction of sp³-hybridized carbons (Fsp3) is 0.500. The number of rotatable bonds is 8. The van der Waals surface area contributed by atoms with E-state index >= 15 is 0 Å². The van der Waals surface area contributed by atoms with E-state index in [1.165, 1.54) is 12.8 Å². The molecule has 1 aliphatic carbocycles. The first-order valence-corrected chi connectivity index (χ1v) is 13.1. The number of aromatic nitrogens is 7. The van der Waals surface area contributed by atoms with Gasteiger partial charge >= 0.3 is 0 Å². The van der Waals surface area contributed by atoms with Gasteiger partial charge in [-0.05, 0) is 50.3 Å². The Morgan fingerprint density at radius 3 is 2.68 bits per heavy atom. The Labute approximate surface area is 216 Å². The second-order valence-electron chi connectivity index (χ2n) is 10.0. The summed E-state index contributed by atoms with van der Waals surface area (Å²) < 4.78 is 14.7. The van der Waals surface area contributed by atoms with Gasteiger partial charge in [-0.1, -0.05) is 10.9 Å². The van der Waals surface area contributed by atoms with Crippen molar-refractivity contribution >= 4 is 11.6 Å². The molecular weight excluding hydrogens is 471 g/mol. The monoisotopic (exact) mass is 504 g/mol. The minimum Gasteiger partial charge on any atom is -0.355 e. The van der Waals surface area contributed by atoms with Crippen molar-refractivity contribution in [3.8, 4) is 11.4 Å². The van der Waals surface area contributed by atoms with Crippen LogP contribution in [0.25, 0.3) is 11.4 Å². The highest BCUT2D eigenvalue weighted by Gasteiger charge is 2.23. The van der Waals surface area contributed by atoms with Gasteiger partial charge in [0.15, 0.2) is 5.82 Å². The van der Waals surface area contributed by atoms with E-state index in [-0.39, 0.29) is 13.3 Å². The standard InChI is InChI=1S/C26H31FN10.H2/c1-18(37-17-24(32-34-37)23-14-28-15-26(30-23)35-8-2-3-9-35)22-6-7-25(33-31-22)36-10-4-5-21(16-36)29-13-19-11-20(27)12-19;/h6-7,14-15,17-18,21,29H,2-5,8-11,13,16H2,1H3;1H/t18?,21-;/m1./s1. The lowest BCUT2D eigenvalue weighted by Crippen LogP contribution is -2.46. The average molecular weight is 505 g/mol. The van der Waals surface area contributed by atoms with Crippen molar-refractivity contribution in [2.75, 3.05) is 42.5 Å². The molecule has 2 aliphatic heterocycles. The summed E-state index contributed by atoms with van der Waals surface area (Å²) in [5, 5.41) is 21.3. The molecule has 3 aromatic heterocycles. The molecule has 3 aliphatic rings. The smallest absolute Gasteiger partial charge is 0.151 e. The molecule has 1 unspecified atom stereocenters. The van der Waals surface area contributed by atoms with Crippen molar-refractivity contribution in [2.24, 2.45) is 0 Å². The van der Waals surface area contributed by atoms with Crippen LogP contribution in [-0.2, 0) is 0 Å². The molecule has 0 amide bonds. The summed E-state index contributed by atoms with van der Waals surface area (Å²) in [4.78, 5) is 13.6. The molecule has 0 saturated carbocycles. The van der Waals surface area contributed by atoms with E-state index < -0.39 is 0 Å². The maximum absolute atomic E-state index is 12.9. The number of hydrogen-bond donors (Lipinski definition) is 1. The van der Waals surface area contributed by atoms with Crippen LogP contribution in [0.1, 0.15) is 52.2 Å². The molecule has 0 radical (unpaired) electrons. The molecular formula is C26H33FN10. The molecule has 37 heavy (non-hydrogen) atoms. The molecule has 11 heteroatoms. The molecule has 10 nitrogen and oxygen atoms in total. The summed E-state index contributed by atoms with van der Waals surface area (Å²) in [6.45, 7) is 6.56. The van der Waals surface area contributed by atoms with Crippen molar-refractivity contribution in [2.45, 2.75) is 51.1 Å². The third kappa shape index (κ3) is 5.23. The fourth-order valence-electron chi connectivity index (χ4n) is 5.11. The summed E-state index contributed by atoms with van der Waals surface area (Å²) >= 11 is 0. The Morgan fingerprint density at radius 2 is 1.89 bits per heavy atom. The number of piperidine rings is 1. The van der Waals surface area contributed by atoms with Gasteiger partial charge in [0, 0.05) is 46.6 Å². The van der Waals surface area contributed by atoms with Crippen LogP contribution < -0.4 is 15.1 Å². The van der Waals surface area contributed by atoms with E-state index in [2.05, 4.69) is 46.3 Å². The molecule has 6 rings (SSSR count). The first-order valence-electron chi connectivity index (χ1n) is 13.1. The second kappa shape index (κ2) is 10.4. The van der Waals surface area contributed by atoms with Crippen LogP contribution in [0.2, 0.25) is 0 Å². The number of anilines is 2. The average Bonchev–Trinajstić information content (AvgIpc) is 3.64. The zero-order chi connectivity index (χ0) is 25.2. The van der Waals surface area contributed by atoms with E-state index in [0.29, 0.717) is 30.4 Å². The molecule has 194 valence electrons. The van der Waals surface area contributed by atoms with E-state index in [0.717, 1.165) is 61.9 Å². The van der Waals surface area contributed by atoms with Crippen LogP contribution in [-0.4, -0.2) is 73.9 Å². The summed E-state index contributed by atoms with van der Waals surface area (Å²) in [5.41, 5.74) is 5.96. The topological polar surface area (TPSA) is 101 Å². The van der Waals surface area contributed by atoms with Gasteiger partial charge < -0.3 is 15.1 Å². The van der Waals surface area contributed by atoms with Crippen molar-refractivity contribution in [1.82, 2.24) is 40.5 Å². The van der Waals surface area contributed by atoms with Gasteiger partial charge in [0.25, 0.3) is 0 Å². The Hall–Kier alpha value is -3.69. The number of nitrogens with one attached hydrogen (secondary N) is 1. The van der Waals surface area contributed by atoms with E-state index in [1.807, 2.05) is 31.5 Å². The third-order valence-electron chi connectivity index (χ3n) is 7.35. The Balaban J connectivity index is 0.00000294. The van der Waals surface area contributed by atoms with E-state index in [1.54, 1.807) is 10.9 Å². The maximum atomic E-state index is 12.9. The first-order chi connectivity index (χ1) is 18.1. The highest BCUT2D eigenvalue weighted by molar-refractivity contribution is 5.54. The van der Waals surface area contributed by atoms with Crippen molar-refractivity contribution in [3.63, 3.8) is 0 Å². The fourth-order valence-corrected chi connectivity index (χ4v) is 5.11. The van der Waals surface area contributed by atoms with Gasteiger partial charge in [0.05, 0.1) is 30.3 Å². The maximum Gasteiger partial charge on any atom is 0.151 e. The molecule has 0 aromatic carbocycles. The van der Waals surface area contributed by atoms with Gasteiger partial charge in [0.2, 0.25) is 0 Å². The molecule has 3 aromatic rings. The van der Waals surface area contributed by atoms with Gasteiger partial charge in [-0.3, -0.25) is 4.98 Å². The predicted molar refractivity (Wildman–Crippen MR) is 140 cm³/mol. The van der Waals surface area contributed by atoms with Crippen LogP contribution >= 0.6 is 0 Å². The zero-order valence-electron chi connectivity index (χ0n) is 21.0. The van der Waals surface area contributed by atoms with Crippen molar-refractivity contribution < 1.29 is 5.82 Å². The van der Waals surface area contributed by atoms with Crippen molar-refractivity contribution in [1.29, 1.82) is 0 Å². The quantitative estimate of drug-likeness (QED) is 0.463. The SMILES string of the molecule is CC(c1ccc(N2CCC[C@@H](NCC3=C=C(F)C3)C2)nn1)n1cc(-c2cncc(N3CCCC3)n2)nn1.[HH]. The van der Waals surface area contributed by atoms with Gasteiger partial charge in [0.1, 0.15) is 23.0 Å². The molecule has 2 atom stereocenters. The van der Waals surface area contributed by atoms with Crippen LogP contribution in [0.4, 0.5) is 16.0 Å². The van der Waals surface area contributed by atoms with Gasteiger partial charge in [-0.2, -0.15) is 5.10 Å². The molecule has 0 spiro atoms. The highest BCUT2D eigenvalue weighted by atomic mass is 19.1. The van der Waals surface area contributed by atoms with Crippen molar-refractivity contribution in [3.05, 3.63) is 53.5 Å². The van der Waals surface area contributed by atoms with Crippen LogP contribution in [0, 0.1) is 0 Å².